The lowest BCUT2D eigenvalue weighted by Gasteiger charge is -2.08. The van der Waals surface area contributed by atoms with E-state index in [9.17, 15) is 14.9 Å². The van der Waals surface area contributed by atoms with E-state index in [2.05, 4.69) is 5.32 Å². The molecule has 120 valence electrons. The van der Waals surface area contributed by atoms with Crippen molar-refractivity contribution in [1.29, 1.82) is 0 Å². The van der Waals surface area contributed by atoms with Crippen molar-refractivity contribution >= 4 is 23.4 Å². The second-order valence-corrected chi connectivity index (χ2v) is 5.55. The molecule has 0 aliphatic carbocycles. The number of benzene rings is 2. The zero-order valence-electron chi connectivity index (χ0n) is 12.7. The van der Waals surface area contributed by atoms with Gasteiger partial charge in [0, 0.05) is 17.5 Å². The Morgan fingerprint density at radius 3 is 2.74 bits per heavy atom. The number of carbonyl (C=O) groups excluding carboxylic acids is 1. The molecule has 0 bridgehead atoms. The van der Waals surface area contributed by atoms with Crippen LogP contribution in [0.4, 0.5) is 5.69 Å². The van der Waals surface area contributed by atoms with E-state index in [-0.39, 0.29) is 17.8 Å². The van der Waals surface area contributed by atoms with Crippen LogP contribution in [0.2, 0.25) is 0 Å². The molecule has 0 radical (unpaired) electrons. The smallest absolute Gasteiger partial charge is 0.282 e. The van der Waals surface area contributed by atoms with Crippen LogP contribution in [0.5, 0.6) is 5.75 Å². The molecule has 1 amide bonds. The average Bonchev–Trinajstić information content (AvgIpc) is 2.59. The SMILES string of the molecule is COc1cccc(CNC(=O)c2cc(SC)ccc2[N+](=O)[O-])c1. The van der Waals surface area contributed by atoms with Gasteiger partial charge in [-0.1, -0.05) is 12.1 Å². The van der Waals surface area contributed by atoms with Crippen LogP contribution < -0.4 is 10.1 Å². The largest absolute Gasteiger partial charge is 0.497 e. The van der Waals surface area contributed by atoms with E-state index < -0.39 is 10.8 Å². The quantitative estimate of drug-likeness (QED) is 0.499. The monoisotopic (exact) mass is 332 g/mol. The zero-order valence-corrected chi connectivity index (χ0v) is 13.6. The summed E-state index contributed by atoms with van der Waals surface area (Å²) >= 11 is 1.42. The van der Waals surface area contributed by atoms with Gasteiger partial charge in [0.25, 0.3) is 11.6 Å². The molecule has 0 aromatic heterocycles. The van der Waals surface area contributed by atoms with Crippen molar-refractivity contribution in [3.63, 3.8) is 0 Å². The third-order valence-corrected chi connectivity index (χ3v) is 3.96. The number of rotatable bonds is 6. The van der Waals surface area contributed by atoms with Crippen LogP contribution in [0, 0.1) is 10.1 Å². The first-order valence-corrected chi connectivity index (χ1v) is 8.01. The molecule has 0 saturated carbocycles. The average molecular weight is 332 g/mol. The fourth-order valence-corrected chi connectivity index (χ4v) is 2.48. The van der Waals surface area contributed by atoms with Crippen molar-refractivity contribution in [1.82, 2.24) is 5.32 Å². The Balaban J connectivity index is 2.18. The maximum Gasteiger partial charge on any atom is 0.282 e. The van der Waals surface area contributed by atoms with Crippen molar-refractivity contribution in [2.45, 2.75) is 11.4 Å². The Kier molecular flexibility index (Phi) is 5.59. The first-order chi connectivity index (χ1) is 11.0. The summed E-state index contributed by atoms with van der Waals surface area (Å²) in [7, 11) is 1.56. The molecule has 1 N–H and O–H groups in total. The minimum absolute atomic E-state index is 0.0600. The number of hydrogen-bond donors (Lipinski definition) is 1. The van der Waals surface area contributed by atoms with Crippen molar-refractivity contribution in [3.8, 4) is 5.75 Å². The molecule has 0 aliphatic rings. The molecule has 6 nitrogen and oxygen atoms in total. The van der Waals surface area contributed by atoms with Crippen molar-refractivity contribution in [2.24, 2.45) is 0 Å². The predicted molar refractivity (Wildman–Crippen MR) is 89.0 cm³/mol. The van der Waals surface area contributed by atoms with Crippen LogP contribution in [-0.2, 0) is 6.54 Å². The normalized spacial score (nSPS) is 10.2. The second kappa shape index (κ2) is 7.64. The van der Waals surface area contributed by atoms with Crippen LogP contribution in [0.1, 0.15) is 15.9 Å². The number of nitrogens with one attached hydrogen (secondary N) is 1. The molecule has 7 heteroatoms. The Morgan fingerprint density at radius 2 is 2.09 bits per heavy atom. The number of nitrogens with zero attached hydrogens (tertiary/aromatic N) is 1. The Hall–Kier alpha value is -2.54. The van der Waals surface area contributed by atoms with E-state index in [0.717, 1.165) is 10.5 Å². The summed E-state index contributed by atoms with van der Waals surface area (Å²) in [6.07, 6.45) is 1.85. The van der Waals surface area contributed by atoms with Crippen molar-refractivity contribution < 1.29 is 14.5 Å². The Labute approximate surface area is 138 Å². The third kappa shape index (κ3) is 4.23. The molecular formula is C16H16N2O4S. The van der Waals surface area contributed by atoms with Crippen LogP contribution in [-0.4, -0.2) is 24.2 Å². The summed E-state index contributed by atoms with van der Waals surface area (Å²) in [4.78, 5) is 23.6. The highest BCUT2D eigenvalue weighted by atomic mass is 32.2. The molecule has 2 aromatic rings. The molecule has 2 rings (SSSR count). The van der Waals surface area contributed by atoms with Gasteiger partial charge in [-0.2, -0.15) is 0 Å². The van der Waals surface area contributed by atoms with Gasteiger partial charge in [-0.15, -0.1) is 11.8 Å². The maximum absolute atomic E-state index is 12.3. The highest BCUT2D eigenvalue weighted by molar-refractivity contribution is 7.98. The number of nitro benzene ring substituents is 1. The van der Waals surface area contributed by atoms with E-state index >= 15 is 0 Å². The molecule has 0 atom stereocenters. The summed E-state index contributed by atoms with van der Waals surface area (Å²) in [5.74, 6) is 0.211. The van der Waals surface area contributed by atoms with Crippen LogP contribution in [0.3, 0.4) is 0 Å². The van der Waals surface area contributed by atoms with Gasteiger partial charge < -0.3 is 10.1 Å². The van der Waals surface area contributed by atoms with Gasteiger partial charge in [-0.3, -0.25) is 14.9 Å². The molecule has 23 heavy (non-hydrogen) atoms. The van der Waals surface area contributed by atoms with Crippen molar-refractivity contribution in [2.75, 3.05) is 13.4 Å². The number of methoxy groups -OCH3 is 1. The van der Waals surface area contributed by atoms with E-state index in [4.69, 9.17) is 4.74 Å². The first-order valence-electron chi connectivity index (χ1n) is 6.78. The number of thioether (sulfide) groups is 1. The lowest BCUT2D eigenvalue weighted by molar-refractivity contribution is -0.385. The number of carbonyl (C=O) groups is 1. The highest BCUT2D eigenvalue weighted by Gasteiger charge is 2.20. The fraction of sp³-hybridized carbons (Fsp3) is 0.188. The van der Waals surface area contributed by atoms with Gasteiger partial charge in [-0.25, -0.2) is 0 Å². The lowest BCUT2D eigenvalue weighted by Crippen LogP contribution is -2.23. The second-order valence-electron chi connectivity index (χ2n) is 4.67. The first kappa shape index (κ1) is 16.8. The Bertz CT molecular complexity index is 734. The molecule has 0 heterocycles. The zero-order chi connectivity index (χ0) is 16.8. The third-order valence-electron chi connectivity index (χ3n) is 3.23. The van der Waals surface area contributed by atoms with E-state index in [1.54, 1.807) is 25.3 Å². The standard InChI is InChI=1S/C16H16N2O4S/c1-22-12-5-3-4-11(8-12)10-17-16(19)14-9-13(23-2)6-7-15(14)18(20)21/h3-9H,10H2,1-2H3,(H,17,19). The molecule has 2 aromatic carbocycles. The summed E-state index contributed by atoms with van der Waals surface area (Å²) in [6, 6.07) is 11.8. The topological polar surface area (TPSA) is 81.5 Å². The minimum atomic E-state index is -0.551. The Morgan fingerprint density at radius 1 is 1.30 bits per heavy atom. The van der Waals surface area contributed by atoms with E-state index in [1.165, 1.54) is 23.9 Å². The summed E-state index contributed by atoms with van der Waals surface area (Å²) < 4.78 is 5.12. The van der Waals surface area contributed by atoms with Crippen LogP contribution in [0.25, 0.3) is 0 Å². The molecule has 0 aliphatic heterocycles. The predicted octanol–water partition coefficient (Wildman–Crippen LogP) is 3.26. The summed E-state index contributed by atoms with van der Waals surface area (Å²) in [5, 5.41) is 13.8. The number of nitro groups is 1. The maximum atomic E-state index is 12.3. The van der Waals surface area contributed by atoms with Crippen LogP contribution >= 0.6 is 11.8 Å². The molecule has 0 unspecified atom stereocenters. The van der Waals surface area contributed by atoms with Crippen molar-refractivity contribution in [3.05, 3.63) is 63.7 Å². The highest BCUT2D eigenvalue weighted by Crippen LogP contribution is 2.24. The molecular weight excluding hydrogens is 316 g/mol. The molecule has 0 spiro atoms. The minimum Gasteiger partial charge on any atom is -0.497 e. The fourth-order valence-electron chi connectivity index (χ4n) is 2.04. The van der Waals surface area contributed by atoms with Gasteiger partial charge in [0.1, 0.15) is 11.3 Å². The van der Waals surface area contributed by atoms with Gasteiger partial charge in [0.15, 0.2) is 0 Å². The molecule has 0 fully saturated rings. The number of amides is 1. The van der Waals surface area contributed by atoms with Gasteiger partial charge in [-0.05, 0) is 36.1 Å². The number of hydrogen-bond acceptors (Lipinski definition) is 5. The summed E-state index contributed by atoms with van der Waals surface area (Å²) in [6.45, 7) is 0.261. The van der Waals surface area contributed by atoms with Gasteiger partial charge in [0.2, 0.25) is 0 Å². The lowest BCUT2D eigenvalue weighted by atomic mass is 10.1. The molecule has 0 saturated heterocycles. The summed E-state index contributed by atoms with van der Waals surface area (Å²) in [5.41, 5.74) is 0.706. The van der Waals surface area contributed by atoms with E-state index in [1.807, 2.05) is 18.4 Å². The van der Waals surface area contributed by atoms with Gasteiger partial charge in [0.05, 0.1) is 12.0 Å². The van der Waals surface area contributed by atoms with E-state index in [0.29, 0.717) is 5.75 Å². The van der Waals surface area contributed by atoms with Crippen LogP contribution in [0.15, 0.2) is 47.4 Å². The van der Waals surface area contributed by atoms with Gasteiger partial charge >= 0.3 is 0 Å². The number of ether oxygens (including phenoxy) is 1.